The van der Waals surface area contributed by atoms with Gasteiger partial charge in [-0.25, -0.2) is 10.8 Å². The minimum absolute atomic E-state index is 0.166. The van der Waals surface area contributed by atoms with Crippen molar-refractivity contribution in [2.45, 2.75) is 19.8 Å². The lowest BCUT2D eigenvalue weighted by atomic mass is 9.98. The summed E-state index contributed by atoms with van der Waals surface area (Å²) in [6, 6.07) is 3.60. The number of nitrogens with two attached hydrogens (primary N) is 3. The van der Waals surface area contributed by atoms with Gasteiger partial charge in [-0.05, 0) is 38.4 Å². The molecule has 0 unspecified atom stereocenters. The Kier molecular flexibility index (Phi) is 13.0. The summed E-state index contributed by atoms with van der Waals surface area (Å²) in [5, 5.41) is 4.30. The van der Waals surface area contributed by atoms with E-state index in [4.69, 9.17) is 31.5 Å². The first kappa shape index (κ1) is 30.5. The SMILES string of the molecule is CCNC.COCCOc1nc(C=O)cc(N2CCC(COc3cc(/C(N)=C/N(C)N)cnc3N)CC2)n1. The molecule has 1 saturated heterocycles. The third-order valence-electron chi connectivity index (χ3n) is 5.68. The zero-order valence-electron chi connectivity index (χ0n) is 22.7. The Bertz CT molecular complexity index is 1030. The van der Waals surface area contributed by atoms with Gasteiger partial charge in [0.1, 0.15) is 18.1 Å². The van der Waals surface area contributed by atoms with E-state index in [1.165, 1.54) is 5.01 Å². The molecule has 0 saturated carbocycles. The Hall–Kier alpha value is -3.68. The summed E-state index contributed by atoms with van der Waals surface area (Å²) in [5.74, 6) is 7.40. The second-order valence-electron chi connectivity index (χ2n) is 8.70. The number of aldehydes is 1. The van der Waals surface area contributed by atoms with Crippen LogP contribution in [0.4, 0.5) is 11.6 Å². The highest BCUT2D eigenvalue weighted by molar-refractivity contribution is 5.73. The van der Waals surface area contributed by atoms with Crippen LogP contribution in [0, 0.1) is 5.92 Å². The monoisotopic (exact) mass is 531 g/mol. The number of aromatic nitrogens is 3. The number of carbonyl (C=O) groups is 1. The van der Waals surface area contributed by atoms with Crippen molar-refractivity contribution in [1.82, 2.24) is 25.3 Å². The summed E-state index contributed by atoms with van der Waals surface area (Å²) in [6.07, 6.45) is 5.62. The Morgan fingerprint density at radius 3 is 2.55 bits per heavy atom. The first-order valence-corrected chi connectivity index (χ1v) is 12.5. The third kappa shape index (κ3) is 10.00. The van der Waals surface area contributed by atoms with E-state index in [0.29, 0.717) is 60.7 Å². The zero-order chi connectivity index (χ0) is 27.9. The standard InChI is InChI=1S/C22H32N8O4.C3H9N/c1-29(25)12-18(23)16-9-19(21(24)26-11-16)34-14-15-3-5-30(6-4-15)20-10-17(13-31)27-22(28-20)33-8-7-32-2;1-3-4-2/h9-13,15H,3-8,14,23,25H2,1-2H3,(H2,24,26);4H,3H2,1-2H3/b18-12-;. The molecule has 0 aliphatic carbocycles. The molecule has 1 aliphatic rings. The maximum absolute atomic E-state index is 11.3. The van der Waals surface area contributed by atoms with Gasteiger partial charge in [0.25, 0.3) is 0 Å². The second kappa shape index (κ2) is 16.2. The van der Waals surface area contributed by atoms with E-state index in [0.717, 1.165) is 32.5 Å². The smallest absolute Gasteiger partial charge is 0.319 e. The van der Waals surface area contributed by atoms with Gasteiger partial charge in [-0.3, -0.25) is 4.79 Å². The molecule has 210 valence electrons. The van der Waals surface area contributed by atoms with Gasteiger partial charge < -0.3 is 40.9 Å². The van der Waals surface area contributed by atoms with Crippen LogP contribution in [0.2, 0.25) is 0 Å². The van der Waals surface area contributed by atoms with E-state index < -0.39 is 0 Å². The normalized spacial score (nSPS) is 13.9. The first-order chi connectivity index (χ1) is 18.3. The molecule has 13 nitrogen and oxygen atoms in total. The molecule has 3 heterocycles. The van der Waals surface area contributed by atoms with Crippen LogP contribution < -0.4 is 37.0 Å². The Morgan fingerprint density at radius 2 is 1.95 bits per heavy atom. The molecule has 1 aliphatic heterocycles. The number of carbonyl (C=O) groups excluding carboxylic acids is 1. The maximum Gasteiger partial charge on any atom is 0.319 e. The van der Waals surface area contributed by atoms with Crippen LogP contribution >= 0.6 is 0 Å². The highest BCUT2D eigenvalue weighted by Gasteiger charge is 2.22. The number of hydrogen-bond acceptors (Lipinski definition) is 13. The molecule has 0 bridgehead atoms. The molecule has 3 rings (SSSR count). The van der Waals surface area contributed by atoms with Crippen molar-refractivity contribution in [3.05, 3.63) is 35.8 Å². The van der Waals surface area contributed by atoms with Crippen LogP contribution in [0.25, 0.3) is 5.70 Å². The lowest BCUT2D eigenvalue weighted by molar-refractivity contribution is 0.111. The number of hydrazine groups is 1. The Morgan fingerprint density at radius 1 is 1.24 bits per heavy atom. The zero-order valence-corrected chi connectivity index (χ0v) is 22.7. The van der Waals surface area contributed by atoms with Crippen molar-refractivity contribution in [2.75, 3.05) is 71.3 Å². The molecule has 13 heteroatoms. The fourth-order valence-corrected chi connectivity index (χ4v) is 3.49. The fraction of sp³-hybridized carbons (Fsp3) is 0.520. The van der Waals surface area contributed by atoms with E-state index in [1.807, 2.05) is 7.05 Å². The lowest BCUT2D eigenvalue weighted by Crippen LogP contribution is -2.36. The van der Waals surface area contributed by atoms with Crippen LogP contribution in [0.15, 0.2) is 24.5 Å². The van der Waals surface area contributed by atoms with Gasteiger partial charge in [-0.1, -0.05) is 6.92 Å². The fourth-order valence-electron chi connectivity index (χ4n) is 3.49. The molecule has 0 radical (unpaired) electrons. The number of methoxy groups -OCH3 is 1. The van der Waals surface area contributed by atoms with Gasteiger partial charge in [-0.15, -0.1) is 0 Å². The van der Waals surface area contributed by atoms with Crippen molar-refractivity contribution in [2.24, 2.45) is 17.5 Å². The Balaban J connectivity index is 0.00000118. The molecule has 7 N–H and O–H groups in total. The second-order valence-corrected chi connectivity index (χ2v) is 8.70. The molecular formula is C25H41N9O4. The summed E-state index contributed by atoms with van der Waals surface area (Å²) in [6.45, 7) is 5.87. The average Bonchev–Trinajstić information content (AvgIpc) is 2.92. The van der Waals surface area contributed by atoms with Crippen LogP contribution in [-0.4, -0.2) is 86.9 Å². The summed E-state index contributed by atoms with van der Waals surface area (Å²) >= 11 is 0. The largest absolute Gasteiger partial charge is 0.489 e. The van der Waals surface area contributed by atoms with Gasteiger partial charge in [-0.2, -0.15) is 9.97 Å². The number of nitrogens with one attached hydrogen (secondary N) is 1. The van der Waals surface area contributed by atoms with Crippen LogP contribution in [0.3, 0.4) is 0 Å². The number of nitrogen functional groups attached to an aromatic ring is 1. The van der Waals surface area contributed by atoms with Crippen molar-refractivity contribution >= 4 is 23.6 Å². The third-order valence-corrected chi connectivity index (χ3v) is 5.68. The minimum Gasteiger partial charge on any atom is -0.489 e. The molecule has 38 heavy (non-hydrogen) atoms. The highest BCUT2D eigenvalue weighted by Crippen LogP contribution is 2.27. The Labute approximate surface area is 224 Å². The highest BCUT2D eigenvalue weighted by atomic mass is 16.5. The van der Waals surface area contributed by atoms with Crippen LogP contribution in [0.5, 0.6) is 11.8 Å². The quantitative estimate of drug-likeness (QED) is 0.131. The predicted molar refractivity (Wildman–Crippen MR) is 148 cm³/mol. The number of anilines is 2. The number of pyridine rings is 1. The minimum atomic E-state index is 0.166. The van der Waals surface area contributed by atoms with Gasteiger partial charge in [0.05, 0.1) is 18.9 Å². The van der Waals surface area contributed by atoms with Crippen LogP contribution in [-0.2, 0) is 4.74 Å². The molecule has 2 aromatic rings. The molecule has 0 amide bonds. The van der Waals surface area contributed by atoms with E-state index in [-0.39, 0.29) is 11.7 Å². The van der Waals surface area contributed by atoms with Gasteiger partial charge in [0, 0.05) is 51.3 Å². The number of piperidine rings is 1. The number of hydrogen-bond donors (Lipinski definition) is 4. The molecule has 0 atom stereocenters. The van der Waals surface area contributed by atoms with E-state index in [9.17, 15) is 4.79 Å². The van der Waals surface area contributed by atoms with Crippen LogP contribution in [0.1, 0.15) is 35.8 Å². The van der Waals surface area contributed by atoms with Crippen molar-refractivity contribution in [3.63, 3.8) is 0 Å². The van der Waals surface area contributed by atoms with Crippen molar-refractivity contribution in [1.29, 1.82) is 0 Å². The van der Waals surface area contributed by atoms with Crippen molar-refractivity contribution in [3.8, 4) is 11.8 Å². The summed E-state index contributed by atoms with van der Waals surface area (Å²) in [7, 11) is 5.19. The average molecular weight is 532 g/mol. The summed E-state index contributed by atoms with van der Waals surface area (Å²) < 4.78 is 16.5. The predicted octanol–water partition coefficient (Wildman–Crippen LogP) is 0.875. The molecule has 2 aromatic heterocycles. The van der Waals surface area contributed by atoms with E-state index in [2.05, 4.69) is 32.1 Å². The van der Waals surface area contributed by atoms with E-state index >= 15 is 0 Å². The summed E-state index contributed by atoms with van der Waals surface area (Å²) in [4.78, 5) is 26.1. The van der Waals surface area contributed by atoms with Gasteiger partial charge in [0.2, 0.25) is 0 Å². The number of nitrogens with zero attached hydrogens (tertiary/aromatic N) is 5. The molecule has 1 fully saturated rings. The number of rotatable bonds is 12. The van der Waals surface area contributed by atoms with Gasteiger partial charge >= 0.3 is 6.01 Å². The van der Waals surface area contributed by atoms with Crippen molar-refractivity contribution < 1.29 is 19.0 Å². The maximum atomic E-state index is 11.3. The van der Waals surface area contributed by atoms with E-state index in [1.54, 1.807) is 38.7 Å². The van der Waals surface area contributed by atoms with Gasteiger partial charge in [0.15, 0.2) is 17.9 Å². The molecule has 0 aromatic carbocycles. The molecular weight excluding hydrogens is 490 g/mol. The first-order valence-electron chi connectivity index (χ1n) is 12.5. The summed E-state index contributed by atoms with van der Waals surface area (Å²) in [5.41, 5.74) is 13.4. The molecule has 0 spiro atoms. The topological polar surface area (TPSA) is 180 Å². The number of ether oxygens (including phenoxy) is 3. The lowest BCUT2D eigenvalue weighted by Gasteiger charge is -2.32.